The molecule has 1 fully saturated rings. The average molecular weight is 246 g/mol. The lowest BCUT2D eigenvalue weighted by Gasteiger charge is -2.29. The number of rotatable bonds is 1. The summed E-state index contributed by atoms with van der Waals surface area (Å²) in [6, 6.07) is 6.49. The lowest BCUT2D eigenvalue weighted by molar-refractivity contribution is 0.119. The van der Waals surface area contributed by atoms with E-state index < -0.39 is 6.10 Å². The van der Waals surface area contributed by atoms with Gasteiger partial charge in [-0.15, -0.1) is 0 Å². The van der Waals surface area contributed by atoms with Crippen LogP contribution in [0.1, 0.15) is 17.9 Å². The molecule has 0 saturated carbocycles. The smallest absolute Gasteiger partial charge is 0.123 e. The Morgan fingerprint density at radius 2 is 2.22 bits per heavy atom. The molecule has 1 aliphatic rings. The second kappa shape index (κ2) is 4.63. The molecule has 0 unspecified atom stereocenters. The van der Waals surface area contributed by atoms with Crippen LogP contribution in [0.5, 0.6) is 0 Å². The van der Waals surface area contributed by atoms with Crippen LogP contribution < -0.4 is 5.32 Å². The summed E-state index contributed by atoms with van der Waals surface area (Å²) < 4.78 is 13.4. The van der Waals surface area contributed by atoms with Gasteiger partial charge in [-0.05, 0) is 42.8 Å². The first-order valence-electron chi connectivity index (χ1n) is 6.18. The Morgan fingerprint density at radius 3 is 3.06 bits per heavy atom. The van der Waals surface area contributed by atoms with Crippen LogP contribution >= 0.6 is 0 Å². The number of pyridine rings is 1. The van der Waals surface area contributed by atoms with Crippen molar-refractivity contribution in [2.24, 2.45) is 0 Å². The van der Waals surface area contributed by atoms with Gasteiger partial charge in [-0.25, -0.2) is 4.39 Å². The molecule has 3 nitrogen and oxygen atoms in total. The van der Waals surface area contributed by atoms with E-state index >= 15 is 0 Å². The van der Waals surface area contributed by atoms with Crippen LogP contribution in [0.15, 0.2) is 30.5 Å². The first-order chi connectivity index (χ1) is 8.75. The highest BCUT2D eigenvalue weighted by Crippen LogP contribution is 2.31. The predicted octanol–water partition coefficient (Wildman–Crippen LogP) is 1.81. The Kier molecular flexibility index (Phi) is 2.97. The first-order valence-corrected chi connectivity index (χ1v) is 6.18. The van der Waals surface area contributed by atoms with Gasteiger partial charge in [-0.2, -0.15) is 0 Å². The number of nitrogens with one attached hydrogen (secondary N) is 1. The van der Waals surface area contributed by atoms with Gasteiger partial charge < -0.3 is 10.4 Å². The number of β-amino-alcohol motifs (C(OH)–C–C–N with tert-alkyl or cyclic N) is 1. The molecule has 0 aliphatic carbocycles. The molecule has 18 heavy (non-hydrogen) atoms. The molecule has 2 heterocycles. The standard InChI is InChI=1S/C14H15FN2O/c15-9-1-2-13-12(7-9)10(4-6-17-13)11-3-5-16-8-14(11)18/h1-2,4,6-7,11,14,16,18H,3,5,8H2/t11-,14+/m1/s1. The number of halogens is 1. The Labute approximate surface area is 105 Å². The quantitative estimate of drug-likeness (QED) is 0.806. The van der Waals surface area contributed by atoms with Gasteiger partial charge in [0, 0.05) is 24.0 Å². The summed E-state index contributed by atoms with van der Waals surface area (Å²) in [4.78, 5) is 4.24. The van der Waals surface area contributed by atoms with Crippen LogP contribution in [0.25, 0.3) is 10.9 Å². The van der Waals surface area contributed by atoms with Crippen molar-refractivity contribution in [3.05, 3.63) is 41.8 Å². The lowest BCUT2D eigenvalue weighted by atomic mass is 9.86. The van der Waals surface area contributed by atoms with Crippen molar-refractivity contribution in [2.45, 2.75) is 18.4 Å². The van der Waals surface area contributed by atoms with Crippen LogP contribution in [-0.4, -0.2) is 29.3 Å². The van der Waals surface area contributed by atoms with Crippen molar-refractivity contribution in [3.8, 4) is 0 Å². The van der Waals surface area contributed by atoms with Crippen LogP contribution in [0.3, 0.4) is 0 Å². The highest BCUT2D eigenvalue weighted by atomic mass is 19.1. The molecule has 94 valence electrons. The molecule has 0 radical (unpaired) electrons. The number of hydrogen-bond donors (Lipinski definition) is 2. The van der Waals surface area contributed by atoms with Crippen molar-refractivity contribution in [3.63, 3.8) is 0 Å². The van der Waals surface area contributed by atoms with E-state index in [0.29, 0.717) is 6.54 Å². The summed E-state index contributed by atoms with van der Waals surface area (Å²) in [6.07, 6.45) is 2.16. The molecule has 4 heteroatoms. The second-order valence-electron chi connectivity index (χ2n) is 4.73. The van der Waals surface area contributed by atoms with E-state index in [0.717, 1.165) is 29.4 Å². The first kappa shape index (κ1) is 11.6. The number of piperidine rings is 1. The van der Waals surface area contributed by atoms with E-state index in [1.165, 1.54) is 12.1 Å². The van der Waals surface area contributed by atoms with E-state index in [1.54, 1.807) is 12.3 Å². The van der Waals surface area contributed by atoms with Crippen molar-refractivity contribution in [2.75, 3.05) is 13.1 Å². The number of nitrogens with zero attached hydrogens (tertiary/aromatic N) is 1. The highest BCUT2D eigenvalue weighted by molar-refractivity contribution is 5.82. The minimum Gasteiger partial charge on any atom is -0.391 e. The molecule has 0 spiro atoms. The van der Waals surface area contributed by atoms with E-state index in [-0.39, 0.29) is 11.7 Å². The molecule has 3 rings (SSSR count). The summed E-state index contributed by atoms with van der Waals surface area (Å²) in [5.74, 6) is -0.210. The molecule has 0 bridgehead atoms. The zero-order valence-corrected chi connectivity index (χ0v) is 9.94. The molecule has 1 aromatic heterocycles. The van der Waals surface area contributed by atoms with Crippen LogP contribution in [0.2, 0.25) is 0 Å². The maximum Gasteiger partial charge on any atom is 0.123 e. The van der Waals surface area contributed by atoms with Crippen molar-refractivity contribution < 1.29 is 9.50 Å². The third-order valence-electron chi connectivity index (χ3n) is 3.59. The van der Waals surface area contributed by atoms with Crippen molar-refractivity contribution >= 4 is 10.9 Å². The van der Waals surface area contributed by atoms with Gasteiger partial charge >= 0.3 is 0 Å². The van der Waals surface area contributed by atoms with Gasteiger partial charge in [-0.3, -0.25) is 4.98 Å². The van der Waals surface area contributed by atoms with Gasteiger partial charge in [0.1, 0.15) is 5.82 Å². The second-order valence-corrected chi connectivity index (χ2v) is 4.73. The summed E-state index contributed by atoms with van der Waals surface area (Å²) in [5, 5.41) is 14.0. The van der Waals surface area contributed by atoms with Crippen LogP contribution in [0, 0.1) is 5.82 Å². The van der Waals surface area contributed by atoms with Crippen molar-refractivity contribution in [1.29, 1.82) is 0 Å². The van der Waals surface area contributed by atoms with Crippen LogP contribution in [-0.2, 0) is 0 Å². The van der Waals surface area contributed by atoms with Gasteiger partial charge in [0.15, 0.2) is 0 Å². The highest BCUT2D eigenvalue weighted by Gasteiger charge is 2.25. The third kappa shape index (κ3) is 1.98. The average Bonchev–Trinajstić information content (AvgIpc) is 2.39. The normalized spacial score (nSPS) is 24.3. The molecule has 2 atom stereocenters. The number of benzene rings is 1. The number of aromatic nitrogens is 1. The fourth-order valence-electron chi connectivity index (χ4n) is 2.67. The zero-order chi connectivity index (χ0) is 12.5. The predicted molar refractivity (Wildman–Crippen MR) is 67.9 cm³/mol. The molecular formula is C14H15FN2O. The minimum atomic E-state index is -0.424. The fraction of sp³-hybridized carbons (Fsp3) is 0.357. The molecular weight excluding hydrogens is 231 g/mol. The number of fused-ring (bicyclic) bond motifs is 1. The van der Waals surface area contributed by atoms with E-state index in [1.807, 2.05) is 6.07 Å². The molecule has 0 amide bonds. The summed E-state index contributed by atoms with van der Waals surface area (Å²) in [6.45, 7) is 1.46. The molecule has 1 aliphatic heterocycles. The van der Waals surface area contributed by atoms with Gasteiger partial charge in [0.2, 0.25) is 0 Å². The Hall–Kier alpha value is -1.52. The SMILES string of the molecule is O[C@H]1CNCC[C@@H]1c1ccnc2ccc(F)cc12. The van der Waals surface area contributed by atoms with Gasteiger partial charge in [0.05, 0.1) is 11.6 Å². The monoisotopic (exact) mass is 246 g/mol. The van der Waals surface area contributed by atoms with Crippen molar-refractivity contribution in [1.82, 2.24) is 10.3 Å². The number of aliphatic hydroxyl groups is 1. The molecule has 2 aromatic rings. The lowest BCUT2D eigenvalue weighted by Crippen LogP contribution is -2.39. The molecule has 1 aromatic carbocycles. The van der Waals surface area contributed by atoms with E-state index in [2.05, 4.69) is 10.3 Å². The van der Waals surface area contributed by atoms with Crippen LogP contribution in [0.4, 0.5) is 4.39 Å². The van der Waals surface area contributed by atoms with Gasteiger partial charge in [0.25, 0.3) is 0 Å². The number of hydrogen-bond acceptors (Lipinski definition) is 3. The van der Waals surface area contributed by atoms with Gasteiger partial charge in [-0.1, -0.05) is 0 Å². The molecule has 2 N–H and O–H groups in total. The maximum atomic E-state index is 13.4. The summed E-state index contributed by atoms with van der Waals surface area (Å²) in [5.41, 5.74) is 1.77. The summed E-state index contributed by atoms with van der Waals surface area (Å²) in [7, 11) is 0. The Bertz CT molecular complexity index is 573. The maximum absolute atomic E-state index is 13.4. The largest absolute Gasteiger partial charge is 0.391 e. The third-order valence-corrected chi connectivity index (χ3v) is 3.59. The molecule has 1 saturated heterocycles. The summed E-state index contributed by atoms with van der Waals surface area (Å²) >= 11 is 0. The number of aliphatic hydroxyl groups excluding tert-OH is 1. The minimum absolute atomic E-state index is 0.0542. The topological polar surface area (TPSA) is 45.1 Å². The zero-order valence-electron chi connectivity index (χ0n) is 9.94. The Morgan fingerprint density at radius 1 is 1.33 bits per heavy atom. The fourth-order valence-corrected chi connectivity index (χ4v) is 2.67. The Balaban J connectivity index is 2.12. The van der Waals surface area contributed by atoms with E-state index in [4.69, 9.17) is 0 Å². The van der Waals surface area contributed by atoms with E-state index in [9.17, 15) is 9.50 Å².